The first-order valence-electron chi connectivity index (χ1n) is 12.9. The number of aliphatic carboxylic acids is 1. The number of hydrogen-bond acceptors (Lipinski definition) is 19. The zero-order valence-electron chi connectivity index (χ0n) is 21.6. The molecule has 0 bridgehead atoms. The number of aliphatic hydroxyl groups excluding tert-OH is 11. The van der Waals surface area contributed by atoms with Crippen molar-refractivity contribution in [1.29, 1.82) is 0 Å². The molecule has 42 heavy (non-hydrogen) atoms. The van der Waals surface area contributed by atoms with Gasteiger partial charge < -0.3 is 94.4 Å². The van der Waals surface area contributed by atoms with Gasteiger partial charge in [-0.05, 0) is 0 Å². The van der Waals surface area contributed by atoms with Crippen molar-refractivity contribution in [2.75, 3.05) is 19.8 Å². The predicted molar refractivity (Wildman–Crippen MR) is 122 cm³/mol. The molecule has 0 saturated carbocycles. The Morgan fingerprint density at radius 2 is 1.12 bits per heavy atom. The molecule has 0 spiro atoms. The quantitative estimate of drug-likeness (QED) is 0.120. The highest BCUT2D eigenvalue weighted by molar-refractivity contribution is 5.73. The van der Waals surface area contributed by atoms with E-state index in [1.165, 1.54) is 0 Å². The van der Waals surface area contributed by atoms with Crippen LogP contribution >= 0.6 is 0 Å². The van der Waals surface area contributed by atoms with E-state index >= 15 is 0 Å². The standard InChI is InChI=1S/C22H36O20/c23-1-6-8(27)15(41-20-9(28)7(26)4(24)2-36-20)13(32)22(38-6)40-14-5(25)3-37-21(12(14)31)42-16-10(29)17(18(33)34)39-19(35)11(16)30/h4-17,19-32,35H,1-3H2,(H,33,34)/t4-,5-,6-,7+,8-,9-,10+,11-,12-,13-,14+,15+,16+,17+,19?,20+,21+,22-/m1/s1. The van der Waals surface area contributed by atoms with Gasteiger partial charge in [0.25, 0.3) is 0 Å². The molecule has 20 nitrogen and oxygen atoms in total. The molecular weight excluding hydrogens is 584 g/mol. The Kier molecular flexibility index (Phi) is 11.1. The summed E-state index contributed by atoms with van der Waals surface area (Å²) in [5, 5.41) is 122. The zero-order chi connectivity index (χ0) is 31.0. The van der Waals surface area contributed by atoms with Gasteiger partial charge in [0, 0.05) is 0 Å². The highest BCUT2D eigenvalue weighted by atomic mass is 16.8. The van der Waals surface area contributed by atoms with Crippen LogP contribution in [0.25, 0.3) is 0 Å². The van der Waals surface area contributed by atoms with E-state index in [0.717, 1.165) is 0 Å². The monoisotopic (exact) mass is 620 g/mol. The Labute approximate surface area is 236 Å². The van der Waals surface area contributed by atoms with E-state index in [1.54, 1.807) is 0 Å². The summed E-state index contributed by atoms with van der Waals surface area (Å²) in [6, 6.07) is 0. The summed E-state index contributed by atoms with van der Waals surface area (Å²) in [5.74, 6) is -1.69. The van der Waals surface area contributed by atoms with Crippen LogP contribution in [0.1, 0.15) is 0 Å². The van der Waals surface area contributed by atoms with Crippen molar-refractivity contribution in [1.82, 2.24) is 0 Å². The van der Waals surface area contributed by atoms with Gasteiger partial charge >= 0.3 is 5.97 Å². The maximum absolute atomic E-state index is 11.3. The minimum Gasteiger partial charge on any atom is -0.479 e. The normalized spacial score (nSPS) is 52.2. The molecule has 0 aromatic heterocycles. The van der Waals surface area contributed by atoms with Crippen LogP contribution in [-0.2, 0) is 38.0 Å². The van der Waals surface area contributed by atoms with E-state index in [4.69, 9.17) is 28.4 Å². The molecule has 244 valence electrons. The average molecular weight is 621 g/mol. The van der Waals surface area contributed by atoms with Crippen molar-refractivity contribution in [3.63, 3.8) is 0 Å². The van der Waals surface area contributed by atoms with Crippen molar-refractivity contribution in [2.45, 2.75) is 111 Å². The second kappa shape index (κ2) is 13.8. The molecule has 20 heteroatoms. The summed E-state index contributed by atoms with van der Waals surface area (Å²) in [7, 11) is 0. The third-order valence-corrected chi connectivity index (χ3v) is 7.38. The summed E-state index contributed by atoms with van der Waals surface area (Å²) < 4.78 is 36.7. The van der Waals surface area contributed by atoms with Gasteiger partial charge in [-0.25, -0.2) is 4.79 Å². The summed E-state index contributed by atoms with van der Waals surface area (Å²) in [4.78, 5) is 11.3. The second-order valence-corrected chi connectivity index (χ2v) is 10.3. The van der Waals surface area contributed by atoms with Crippen LogP contribution in [-0.4, -0.2) is 198 Å². The van der Waals surface area contributed by atoms with Crippen LogP contribution in [0.15, 0.2) is 0 Å². The first-order valence-corrected chi connectivity index (χ1v) is 12.9. The van der Waals surface area contributed by atoms with Crippen LogP contribution in [0.2, 0.25) is 0 Å². The Bertz CT molecular complexity index is 896. The number of aliphatic hydroxyl groups is 11. The Morgan fingerprint density at radius 1 is 0.595 bits per heavy atom. The van der Waals surface area contributed by atoms with E-state index in [0.29, 0.717) is 0 Å². The lowest BCUT2D eigenvalue weighted by Crippen LogP contribution is -2.66. The SMILES string of the molecule is O=C(O)[C@H]1OC(O)[C@H](O)[C@@H](O[C@@H]2OC[C@@H](O)[C@H](O[C@H]3O[C@H](CO)[C@@H](O)[C@H](O[C@@H]4OC[C@@H](O)[C@H](O)[C@H]4O)[C@H]3O)[C@H]2O)[C@@H]1O. The highest BCUT2D eigenvalue weighted by Crippen LogP contribution is 2.32. The summed E-state index contributed by atoms with van der Waals surface area (Å²) in [6.07, 6.45) is -32.5. The van der Waals surface area contributed by atoms with E-state index in [1.807, 2.05) is 0 Å². The van der Waals surface area contributed by atoms with Gasteiger partial charge in [0.2, 0.25) is 0 Å². The summed E-state index contributed by atoms with van der Waals surface area (Å²) in [5.41, 5.74) is 0. The van der Waals surface area contributed by atoms with Gasteiger partial charge in [-0.3, -0.25) is 0 Å². The molecule has 4 saturated heterocycles. The lowest BCUT2D eigenvalue weighted by atomic mass is 9.97. The van der Waals surface area contributed by atoms with Crippen LogP contribution < -0.4 is 0 Å². The molecule has 1 unspecified atom stereocenters. The van der Waals surface area contributed by atoms with Gasteiger partial charge in [0.1, 0.15) is 79.4 Å². The molecule has 0 amide bonds. The second-order valence-electron chi connectivity index (χ2n) is 10.3. The fraction of sp³-hybridized carbons (Fsp3) is 0.955. The van der Waals surface area contributed by atoms with Crippen molar-refractivity contribution in [3.8, 4) is 0 Å². The maximum atomic E-state index is 11.3. The van der Waals surface area contributed by atoms with E-state index in [2.05, 4.69) is 4.74 Å². The minimum atomic E-state index is -2.10. The molecule has 0 aromatic rings. The van der Waals surface area contributed by atoms with Crippen LogP contribution in [0.3, 0.4) is 0 Å². The molecule has 4 aliphatic heterocycles. The van der Waals surface area contributed by atoms with Gasteiger partial charge in [-0.2, -0.15) is 0 Å². The third-order valence-electron chi connectivity index (χ3n) is 7.38. The molecule has 4 rings (SSSR count). The lowest BCUT2D eigenvalue weighted by molar-refractivity contribution is -0.377. The van der Waals surface area contributed by atoms with Crippen molar-refractivity contribution in [3.05, 3.63) is 0 Å². The molecule has 0 radical (unpaired) electrons. The number of carbonyl (C=O) groups is 1. The van der Waals surface area contributed by atoms with Crippen molar-refractivity contribution < 1.29 is 99.2 Å². The molecule has 0 aliphatic carbocycles. The van der Waals surface area contributed by atoms with Gasteiger partial charge in [-0.1, -0.05) is 0 Å². The molecule has 0 aromatic carbocycles. The Balaban J connectivity index is 1.47. The fourth-order valence-electron chi connectivity index (χ4n) is 4.96. The number of carboxylic acid groups (broad SMARTS) is 1. The average Bonchev–Trinajstić information content (AvgIpc) is 2.95. The molecular formula is C22H36O20. The third kappa shape index (κ3) is 6.71. The maximum Gasteiger partial charge on any atom is 0.335 e. The molecule has 18 atom stereocenters. The zero-order valence-corrected chi connectivity index (χ0v) is 21.6. The number of carboxylic acids is 1. The molecule has 4 heterocycles. The minimum absolute atomic E-state index is 0.468. The van der Waals surface area contributed by atoms with Crippen molar-refractivity contribution >= 4 is 5.97 Å². The van der Waals surface area contributed by atoms with Gasteiger partial charge in [0.15, 0.2) is 31.3 Å². The van der Waals surface area contributed by atoms with Crippen LogP contribution in [0.4, 0.5) is 0 Å². The topological polar surface area (TPSA) is 324 Å². The van der Waals surface area contributed by atoms with Crippen molar-refractivity contribution in [2.24, 2.45) is 0 Å². The largest absolute Gasteiger partial charge is 0.479 e. The van der Waals surface area contributed by atoms with E-state index in [-0.39, 0.29) is 0 Å². The first-order chi connectivity index (χ1) is 19.8. The lowest BCUT2D eigenvalue weighted by Gasteiger charge is -2.47. The molecule has 4 fully saturated rings. The van der Waals surface area contributed by atoms with E-state index < -0.39 is 136 Å². The molecule has 4 aliphatic rings. The number of ether oxygens (including phenoxy) is 7. The highest BCUT2D eigenvalue weighted by Gasteiger charge is 2.54. The predicted octanol–water partition coefficient (Wildman–Crippen LogP) is -8.38. The first kappa shape index (κ1) is 33.6. The van der Waals surface area contributed by atoms with Crippen LogP contribution in [0.5, 0.6) is 0 Å². The molecule has 12 N–H and O–H groups in total. The fourth-order valence-corrected chi connectivity index (χ4v) is 4.96. The van der Waals surface area contributed by atoms with Crippen LogP contribution in [0, 0.1) is 0 Å². The van der Waals surface area contributed by atoms with E-state index in [9.17, 15) is 66.1 Å². The van der Waals surface area contributed by atoms with Gasteiger partial charge in [-0.15, -0.1) is 0 Å². The Morgan fingerprint density at radius 3 is 1.71 bits per heavy atom. The summed E-state index contributed by atoms with van der Waals surface area (Å²) in [6.45, 7) is -1.92. The number of rotatable bonds is 8. The number of hydrogen-bond donors (Lipinski definition) is 12. The Hall–Kier alpha value is -1.25. The smallest absolute Gasteiger partial charge is 0.335 e. The summed E-state index contributed by atoms with van der Waals surface area (Å²) >= 11 is 0. The van der Waals surface area contributed by atoms with Gasteiger partial charge in [0.05, 0.1) is 19.8 Å².